The van der Waals surface area contributed by atoms with Gasteiger partial charge in [-0.25, -0.2) is 8.96 Å². The fourth-order valence-corrected chi connectivity index (χ4v) is 8.40. The highest BCUT2D eigenvalue weighted by molar-refractivity contribution is 7.46. The highest BCUT2D eigenvalue weighted by Gasteiger charge is 2.79. The molecule has 11 heteroatoms. The van der Waals surface area contributed by atoms with Crippen LogP contribution in [0.3, 0.4) is 0 Å². The van der Waals surface area contributed by atoms with Crippen LogP contribution in [0.1, 0.15) is 46.5 Å². The Hall–Kier alpha value is -1.00. The third-order valence-electron chi connectivity index (χ3n) is 9.77. The quantitative estimate of drug-likeness (QED) is 0.338. The van der Waals surface area contributed by atoms with E-state index < -0.39 is 78.4 Å². The Bertz CT molecular complexity index is 1010. The van der Waals surface area contributed by atoms with Gasteiger partial charge in [-0.15, -0.1) is 0 Å². The number of aliphatic hydroxyl groups excluding tert-OH is 1. The summed E-state index contributed by atoms with van der Waals surface area (Å²) >= 11 is 0. The first-order valence-corrected chi connectivity index (χ1v) is 12.9. The Morgan fingerprint density at radius 1 is 1.33 bits per heavy atom. The molecule has 3 saturated carbocycles. The molecule has 0 spiro atoms. The average Bonchev–Trinajstić information content (AvgIpc) is 3.50. The number of fused-ring (bicyclic) bond motifs is 7. The number of epoxide rings is 1. The predicted octanol–water partition coefficient (Wildman–Crippen LogP) is 1.22. The molecular weight excluding hydrogens is 458 g/mol. The lowest BCUT2D eigenvalue weighted by Gasteiger charge is -2.63. The number of carbonyl (C=O) groups is 2. The SMILES string of the molecule is C[C@H]1C[C@H]2[C@@H]3CCC4=CC(=O)C5OC5[C@]4(C)[C@@]3(F)[C@@H](O)C[C@]2(C)[C@@]1(O)C(=O)COP(=O)(O)O. The summed E-state index contributed by atoms with van der Waals surface area (Å²) < 4.78 is 38.3. The highest BCUT2D eigenvalue weighted by atomic mass is 31.2. The van der Waals surface area contributed by atoms with Gasteiger partial charge in [0.25, 0.3) is 0 Å². The van der Waals surface area contributed by atoms with Gasteiger partial charge >= 0.3 is 7.82 Å². The second kappa shape index (κ2) is 6.81. The van der Waals surface area contributed by atoms with E-state index in [4.69, 9.17) is 14.5 Å². The third kappa shape index (κ3) is 2.77. The van der Waals surface area contributed by atoms with Crippen LogP contribution in [0.25, 0.3) is 0 Å². The smallest absolute Gasteiger partial charge is 0.390 e. The lowest BCUT2D eigenvalue weighted by atomic mass is 9.43. The lowest BCUT2D eigenvalue weighted by Crippen LogP contribution is -2.71. The van der Waals surface area contributed by atoms with Gasteiger partial charge in [-0.2, -0.15) is 0 Å². The van der Waals surface area contributed by atoms with Crippen molar-refractivity contribution in [2.45, 2.75) is 76.0 Å². The molecule has 184 valence electrons. The minimum atomic E-state index is -4.94. The number of hydrogen-bond donors (Lipinski definition) is 4. The number of halogens is 1. The second-order valence-electron chi connectivity index (χ2n) is 11.0. The van der Waals surface area contributed by atoms with Crippen molar-refractivity contribution in [2.24, 2.45) is 28.6 Å². The molecule has 2 unspecified atom stereocenters. The molecule has 0 aromatic carbocycles. The van der Waals surface area contributed by atoms with Crippen molar-refractivity contribution >= 4 is 19.4 Å². The summed E-state index contributed by atoms with van der Waals surface area (Å²) in [5.41, 5.74) is -5.94. The Labute approximate surface area is 190 Å². The second-order valence-corrected chi connectivity index (χ2v) is 12.2. The number of rotatable bonds is 4. The molecule has 4 aliphatic carbocycles. The number of alkyl halides is 1. The number of Topliss-reactive ketones (excluding diaryl/α,β-unsaturated/α-hetero) is 1. The molecular formula is C22H30FO9P. The number of aliphatic hydroxyl groups is 2. The van der Waals surface area contributed by atoms with Crippen molar-refractivity contribution in [2.75, 3.05) is 6.61 Å². The van der Waals surface area contributed by atoms with E-state index in [1.165, 1.54) is 6.08 Å². The molecule has 33 heavy (non-hydrogen) atoms. The number of ether oxygens (including phenoxy) is 1. The molecule has 0 aromatic rings. The van der Waals surface area contributed by atoms with Gasteiger partial charge in [0.15, 0.2) is 17.2 Å². The van der Waals surface area contributed by atoms with E-state index in [0.717, 1.165) is 0 Å². The maximum absolute atomic E-state index is 17.3. The van der Waals surface area contributed by atoms with Crippen LogP contribution in [0.4, 0.5) is 4.39 Å². The van der Waals surface area contributed by atoms with Crippen LogP contribution < -0.4 is 0 Å². The summed E-state index contributed by atoms with van der Waals surface area (Å²) in [6.07, 6.45) is -0.542. The molecule has 0 amide bonds. The largest absolute Gasteiger partial charge is 0.470 e. The van der Waals surface area contributed by atoms with E-state index in [1.807, 2.05) is 0 Å². The summed E-state index contributed by atoms with van der Waals surface area (Å²) in [5.74, 6) is -2.88. The predicted molar refractivity (Wildman–Crippen MR) is 110 cm³/mol. The van der Waals surface area contributed by atoms with E-state index in [1.54, 1.807) is 20.8 Å². The first kappa shape index (κ1) is 23.7. The normalized spacial score (nSPS) is 52.8. The van der Waals surface area contributed by atoms with Crippen molar-refractivity contribution in [1.82, 2.24) is 0 Å². The zero-order valence-electron chi connectivity index (χ0n) is 18.7. The summed E-state index contributed by atoms with van der Waals surface area (Å²) in [6.45, 7) is 4.02. The van der Waals surface area contributed by atoms with Gasteiger partial charge in [-0.1, -0.05) is 19.4 Å². The zero-order chi connectivity index (χ0) is 24.4. The minimum Gasteiger partial charge on any atom is -0.390 e. The highest BCUT2D eigenvalue weighted by Crippen LogP contribution is 2.72. The molecule has 4 N–H and O–H groups in total. The molecule has 1 heterocycles. The molecule has 0 bridgehead atoms. The van der Waals surface area contributed by atoms with Gasteiger partial charge < -0.3 is 24.7 Å². The zero-order valence-corrected chi connectivity index (χ0v) is 19.6. The van der Waals surface area contributed by atoms with Gasteiger partial charge in [-0.05, 0) is 50.5 Å². The molecule has 1 aliphatic heterocycles. The molecule has 10 atom stereocenters. The average molecular weight is 488 g/mol. The number of hydrogen-bond acceptors (Lipinski definition) is 7. The van der Waals surface area contributed by atoms with Gasteiger partial charge in [0.2, 0.25) is 0 Å². The summed E-state index contributed by atoms with van der Waals surface area (Å²) in [6, 6.07) is 0. The topological polar surface area (TPSA) is 154 Å². The van der Waals surface area contributed by atoms with Crippen LogP contribution in [-0.4, -0.2) is 67.8 Å². The molecule has 0 radical (unpaired) electrons. The van der Waals surface area contributed by atoms with Crippen LogP contribution in [0.2, 0.25) is 0 Å². The summed E-state index contributed by atoms with van der Waals surface area (Å²) in [4.78, 5) is 43.3. The number of ketones is 2. The molecule has 1 saturated heterocycles. The molecule has 5 aliphatic rings. The van der Waals surface area contributed by atoms with Crippen LogP contribution in [0.15, 0.2) is 11.6 Å². The van der Waals surface area contributed by atoms with E-state index >= 15 is 4.39 Å². The summed E-state index contributed by atoms with van der Waals surface area (Å²) in [5, 5.41) is 23.0. The Kier molecular flexibility index (Phi) is 4.90. The fraction of sp³-hybridized carbons (Fsp3) is 0.818. The van der Waals surface area contributed by atoms with E-state index in [9.17, 15) is 24.4 Å². The first-order valence-electron chi connectivity index (χ1n) is 11.4. The van der Waals surface area contributed by atoms with Crippen LogP contribution >= 0.6 is 7.82 Å². The van der Waals surface area contributed by atoms with Gasteiger partial charge in [0, 0.05) is 11.3 Å². The Balaban J connectivity index is 1.54. The number of carbonyl (C=O) groups excluding carboxylic acids is 2. The van der Waals surface area contributed by atoms with Crippen molar-refractivity contribution in [3.05, 3.63) is 11.6 Å². The van der Waals surface area contributed by atoms with Crippen molar-refractivity contribution < 1.29 is 47.8 Å². The Morgan fingerprint density at radius 3 is 2.64 bits per heavy atom. The Morgan fingerprint density at radius 2 is 2.00 bits per heavy atom. The van der Waals surface area contributed by atoms with Crippen molar-refractivity contribution in [3.63, 3.8) is 0 Å². The van der Waals surface area contributed by atoms with Crippen molar-refractivity contribution in [3.8, 4) is 0 Å². The standard InChI is InChI=1S/C22H30FO9P/c1-10-6-13-12-5-4-11-7-14(24)17-18(32-17)20(11,3)21(12,23)15(25)8-19(13,2)22(10,27)16(26)9-31-33(28,29)30/h7,10,12-13,15,17-18,25,27H,4-6,8-9H2,1-3H3,(H2,28,29,30)/t10-,12-,13-,15-,17?,18?,19-,20+,21-,22-/m0/s1. The lowest BCUT2D eigenvalue weighted by molar-refractivity contribution is -0.229. The van der Waals surface area contributed by atoms with Crippen molar-refractivity contribution in [1.29, 1.82) is 0 Å². The van der Waals surface area contributed by atoms with Crippen LogP contribution in [0.5, 0.6) is 0 Å². The number of phosphoric ester groups is 1. The maximum Gasteiger partial charge on any atom is 0.470 e. The van der Waals surface area contributed by atoms with Gasteiger partial charge in [0.05, 0.1) is 11.5 Å². The minimum absolute atomic E-state index is 0.177. The fourth-order valence-electron chi connectivity index (χ4n) is 8.11. The molecule has 4 fully saturated rings. The third-order valence-corrected chi connectivity index (χ3v) is 10.2. The van der Waals surface area contributed by atoms with Crippen LogP contribution in [0, 0.1) is 28.6 Å². The molecule has 5 rings (SSSR count). The molecule has 9 nitrogen and oxygen atoms in total. The monoisotopic (exact) mass is 488 g/mol. The first-order chi connectivity index (χ1) is 15.1. The van der Waals surface area contributed by atoms with E-state index in [-0.39, 0.29) is 12.2 Å². The molecule has 0 aromatic heterocycles. The summed E-state index contributed by atoms with van der Waals surface area (Å²) in [7, 11) is -4.94. The van der Waals surface area contributed by atoms with Crippen LogP contribution in [-0.2, 0) is 23.4 Å². The maximum atomic E-state index is 17.3. The van der Waals surface area contributed by atoms with Gasteiger partial charge in [0.1, 0.15) is 24.4 Å². The van der Waals surface area contributed by atoms with E-state index in [0.29, 0.717) is 24.8 Å². The van der Waals surface area contributed by atoms with E-state index in [2.05, 4.69) is 4.52 Å². The van der Waals surface area contributed by atoms with Gasteiger partial charge in [-0.3, -0.25) is 14.1 Å². The number of phosphoric acid groups is 1.